The Morgan fingerprint density at radius 3 is 1.07 bits per heavy atom. The number of fused-ring (bicyclic) bond motifs is 7. The van der Waals surface area contributed by atoms with Crippen molar-refractivity contribution in [2.45, 2.75) is 157 Å². The van der Waals surface area contributed by atoms with Gasteiger partial charge in [0.15, 0.2) is 0 Å². The Hall–Kier alpha value is -7.76. The maximum Gasteiger partial charge on any atom is 0.252 e. The molecule has 9 aromatic carbocycles. The first-order chi connectivity index (χ1) is 39.0. The third-order valence-electron chi connectivity index (χ3n) is 17.9. The molecule has 0 aliphatic carbocycles. The van der Waals surface area contributed by atoms with Gasteiger partial charge in [0.2, 0.25) is 0 Å². The molecule has 0 saturated heterocycles. The molecule has 0 fully saturated rings. The van der Waals surface area contributed by atoms with E-state index in [1.807, 2.05) is 0 Å². The molecule has 0 saturated carbocycles. The molecule has 420 valence electrons. The second kappa shape index (κ2) is 19.4. The smallest absolute Gasteiger partial charge is 0.252 e. The fourth-order valence-corrected chi connectivity index (χ4v) is 12.9. The second-order valence-corrected chi connectivity index (χ2v) is 30.1. The van der Waals surface area contributed by atoms with Crippen LogP contribution in [0.5, 0.6) is 0 Å². The molecule has 0 bridgehead atoms. The Bertz CT molecular complexity index is 3910. The predicted molar refractivity (Wildman–Crippen MR) is 362 cm³/mol. The molecule has 0 radical (unpaired) electrons. The van der Waals surface area contributed by atoms with Crippen LogP contribution in [0.1, 0.15) is 158 Å². The van der Waals surface area contributed by atoms with Crippen molar-refractivity contribution in [3.63, 3.8) is 0 Å². The Morgan fingerprint density at radius 1 is 0.313 bits per heavy atom. The van der Waals surface area contributed by atoms with E-state index in [0.717, 1.165) is 45.2 Å². The molecule has 83 heavy (non-hydrogen) atoms. The average molecular weight is 1090 g/mol. The van der Waals surface area contributed by atoms with Crippen LogP contribution in [-0.2, 0) is 32.5 Å². The maximum absolute atomic E-state index is 2.60. The number of rotatable bonds is 6. The van der Waals surface area contributed by atoms with Crippen molar-refractivity contribution in [2.24, 2.45) is 0 Å². The largest absolute Gasteiger partial charge is 0.311 e. The summed E-state index contributed by atoms with van der Waals surface area (Å²) in [6.45, 7) is 41.7. The Balaban J connectivity index is 1.22. The van der Waals surface area contributed by atoms with Gasteiger partial charge in [0.1, 0.15) is 0 Å². The Morgan fingerprint density at radius 2 is 0.675 bits per heavy atom. The third-order valence-corrected chi connectivity index (χ3v) is 17.9. The Labute approximate surface area is 496 Å². The number of anilines is 9. The first-order valence-corrected chi connectivity index (χ1v) is 30.3. The van der Waals surface area contributed by atoms with Crippen LogP contribution >= 0.6 is 0 Å². The fourth-order valence-electron chi connectivity index (χ4n) is 12.9. The lowest BCUT2D eigenvalue weighted by Crippen LogP contribution is -2.61. The van der Waals surface area contributed by atoms with Crippen LogP contribution in [0.4, 0.5) is 51.2 Å². The highest BCUT2D eigenvalue weighted by Gasteiger charge is 2.45. The van der Waals surface area contributed by atoms with Gasteiger partial charge in [-0.1, -0.05) is 228 Å². The summed E-state index contributed by atoms with van der Waals surface area (Å²) < 4.78 is 2.59. The molecule has 0 N–H and O–H groups in total. The van der Waals surface area contributed by atoms with Crippen LogP contribution in [0.25, 0.3) is 27.5 Å². The lowest BCUT2D eigenvalue weighted by atomic mass is 9.33. The molecule has 0 spiro atoms. The number of benzene rings is 9. The standard InChI is InChI=1S/C78H85BN4/c1-73(2,3)50-26-36-56(37-27-50)80(57-38-28-51(29-39-57)74(4,5)6)68-25-21-23-62-61-22-19-20-24-65(61)83(72(62)68)60-48-69-71-70(49-60)82(59-42-32-53(33-43-59)76(10,11)12)67-45-35-55(78(16,17)18)47-64(67)79(71)63-46-54(77(13,14)15)34-44-66(63)81(69)58-40-30-52(31-41-58)75(7,8)9/h19-49H,1-18H3. The van der Waals surface area contributed by atoms with Gasteiger partial charge in [0, 0.05) is 56.3 Å². The van der Waals surface area contributed by atoms with E-state index in [-0.39, 0.29) is 39.2 Å². The van der Waals surface area contributed by atoms with Crippen molar-refractivity contribution < 1.29 is 0 Å². The SMILES string of the molecule is CC(C)(C)c1ccc(N2c3ccc(C(C)(C)C)cc3B3c4cc(C(C)(C)C)ccc4N(c4ccc(C(C)(C)C)cc4)c4cc(-n5c6ccccc6c6cccc(N(c7ccc(C(C)(C)C)cc7)c7ccc(C(C)(C)C)cc7)c65)cc2c43)cc1. The van der Waals surface area contributed by atoms with E-state index in [0.29, 0.717) is 0 Å². The summed E-state index contributed by atoms with van der Waals surface area (Å²) in [6.07, 6.45) is 0. The van der Waals surface area contributed by atoms with E-state index >= 15 is 0 Å². The summed E-state index contributed by atoms with van der Waals surface area (Å²) in [7, 11) is 0. The number of aromatic nitrogens is 1. The molecule has 1 aromatic heterocycles. The zero-order valence-electron chi connectivity index (χ0n) is 52.8. The summed E-state index contributed by atoms with van der Waals surface area (Å²) >= 11 is 0. The van der Waals surface area contributed by atoms with E-state index < -0.39 is 0 Å². The van der Waals surface area contributed by atoms with Gasteiger partial charge in [-0.05, 0) is 167 Å². The summed E-state index contributed by atoms with van der Waals surface area (Å²) in [5, 5.41) is 2.42. The first kappa shape index (κ1) is 55.8. The van der Waals surface area contributed by atoms with Crippen molar-refractivity contribution in [3.05, 3.63) is 221 Å². The van der Waals surface area contributed by atoms with Crippen LogP contribution in [0.3, 0.4) is 0 Å². The highest BCUT2D eigenvalue weighted by atomic mass is 15.2. The van der Waals surface area contributed by atoms with Crippen LogP contribution in [-0.4, -0.2) is 11.3 Å². The second-order valence-electron chi connectivity index (χ2n) is 30.1. The topological polar surface area (TPSA) is 14.7 Å². The van der Waals surface area contributed by atoms with E-state index in [1.54, 1.807) is 0 Å². The fraction of sp³-hybridized carbons (Fsp3) is 0.308. The minimum Gasteiger partial charge on any atom is -0.311 e. The predicted octanol–water partition coefficient (Wildman–Crippen LogP) is 20.1. The molecular formula is C78H85BN4. The van der Waals surface area contributed by atoms with Crippen molar-refractivity contribution in [3.8, 4) is 5.69 Å². The summed E-state index contributed by atoms with van der Waals surface area (Å²) in [6, 6.07) is 73.2. The zero-order chi connectivity index (χ0) is 59.1. The molecule has 12 rings (SSSR count). The lowest BCUT2D eigenvalue weighted by molar-refractivity contribution is 0.590. The van der Waals surface area contributed by atoms with Crippen LogP contribution < -0.4 is 31.1 Å². The highest BCUT2D eigenvalue weighted by molar-refractivity contribution is 7.00. The van der Waals surface area contributed by atoms with Gasteiger partial charge in [0.25, 0.3) is 6.71 Å². The minimum absolute atomic E-state index is 0.00566. The van der Waals surface area contributed by atoms with Crippen molar-refractivity contribution >= 4 is 96.1 Å². The zero-order valence-corrected chi connectivity index (χ0v) is 52.8. The normalized spacial score (nSPS) is 13.8. The number of para-hydroxylation sites is 2. The first-order valence-electron chi connectivity index (χ1n) is 30.3. The Kier molecular flexibility index (Phi) is 13.0. The van der Waals surface area contributed by atoms with Crippen LogP contribution in [0.15, 0.2) is 188 Å². The van der Waals surface area contributed by atoms with E-state index in [9.17, 15) is 0 Å². The van der Waals surface area contributed by atoms with Gasteiger partial charge in [-0.2, -0.15) is 0 Å². The average Bonchev–Trinajstić information content (AvgIpc) is 1.59. The van der Waals surface area contributed by atoms with Gasteiger partial charge in [-0.25, -0.2) is 0 Å². The van der Waals surface area contributed by atoms with Gasteiger partial charge < -0.3 is 19.3 Å². The van der Waals surface area contributed by atoms with Crippen molar-refractivity contribution in [2.75, 3.05) is 14.7 Å². The molecule has 10 aromatic rings. The minimum atomic E-state index is -0.0713. The van der Waals surface area contributed by atoms with E-state index in [2.05, 4.69) is 332 Å². The van der Waals surface area contributed by atoms with Crippen molar-refractivity contribution in [1.82, 2.24) is 4.57 Å². The number of nitrogens with zero attached hydrogens (tertiary/aromatic N) is 4. The number of hydrogen-bond acceptors (Lipinski definition) is 3. The summed E-state index contributed by atoms with van der Waals surface area (Å²) in [5.74, 6) is 0. The molecule has 5 heteroatoms. The van der Waals surface area contributed by atoms with Gasteiger partial charge in [-0.15, -0.1) is 0 Å². The molecule has 0 amide bonds. The maximum atomic E-state index is 2.60. The molecule has 0 unspecified atom stereocenters. The van der Waals surface area contributed by atoms with Crippen LogP contribution in [0.2, 0.25) is 0 Å². The molecule has 2 aliphatic heterocycles. The van der Waals surface area contributed by atoms with Gasteiger partial charge in [-0.3, -0.25) is 0 Å². The molecule has 4 nitrogen and oxygen atoms in total. The number of hydrogen-bond donors (Lipinski definition) is 0. The lowest BCUT2D eigenvalue weighted by Gasteiger charge is -2.45. The van der Waals surface area contributed by atoms with Crippen molar-refractivity contribution in [1.29, 1.82) is 0 Å². The summed E-state index contributed by atoms with van der Waals surface area (Å²) in [5.41, 5.74) is 25.5. The molecule has 2 aliphatic rings. The highest BCUT2D eigenvalue weighted by Crippen LogP contribution is 2.50. The van der Waals surface area contributed by atoms with E-state index in [4.69, 9.17) is 0 Å². The van der Waals surface area contributed by atoms with E-state index in [1.165, 1.54) is 83.3 Å². The molecule has 3 heterocycles. The van der Waals surface area contributed by atoms with Crippen LogP contribution in [0, 0.1) is 0 Å². The quantitative estimate of drug-likeness (QED) is 0.154. The molecule has 0 atom stereocenters. The van der Waals surface area contributed by atoms with Gasteiger partial charge >= 0.3 is 0 Å². The monoisotopic (exact) mass is 1090 g/mol. The summed E-state index contributed by atoms with van der Waals surface area (Å²) in [4.78, 5) is 7.69. The third kappa shape index (κ3) is 9.76. The molecular weight excluding hydrogens is 1000 g/mol. The van der Waals surface area contributed by atoms with Gasteiger partial charge in [0.05, 0.1) is 22.4 Å².